The number of rotatable bonds is 4. The van der Waals surface area contributed by atoms with Crippen molar-refractivity contribution in [1.82, 2.24) is 0 Å². The molecule has 1 rings (SSSR count). The van der Waals surface area contributed by atoms with Crippen molar-refractivity contribution in [2.75, 3.05) is 0 Å². The highest BCUT2D eigenvalue weighted by atomic mass is 19.4. The molecule has 0 aliphatic carbocycles. The minimum atomic E-state index is -6.26. The van der Waals surface area contributed by atoms with Crippen LogP contribution in [0, 0.1) is 0 Å². The standard InChI is InChI=1S/C13H10F6O3/c1-2-8-4-3-5-9(6-8)7-22-10(20)11(21,12(14,15)16)13(17,18)19/h2-6,21H,1,7H2. The van der Waals surface area contributed by atoms with Crippen LogP contribution in [0.2, 0.25) is 0 Å². The fraction of sp³-hybridized carbons (Fsp3) is 0.308. The van der Waals surface area contributed by atoms with Crippen LogP contribution in [0.15, 0.2) is 30.8 Å². The number of benzene rings is 1. The van der Waals surface area contributed by atoms with E-state index in [0.717, 1.165) is 0 Å². The molecule has 1 N–H and O–H groups in total. The number of carbonyl (C=O) groups is 1. The van der Waals surface area contributed by atoms with Crippen molar-refractivity contribution < 1.29 is 41.0 Å². The second-order valence-electron chi connectivity index (χ2n) is 4.23. The van der Waals surface area contributed by atoms with Crippen molar-refractivity contribution in [2.45, 2.75) is 24.6 Å². The van der Waals surface area contributed by atoms with Crippen LogP contribution in [0.1, 0.15) is 11.1 Å². The lowest BCUT2D eigenvalue weighted by Gasteiger charge is -2.29. The predicted molar refractivity (Wildman–Crippen MR) is 63.4 cm³/mol. The molecule has 0 saturated heterocycles. The normalized spacial score (nSPS) is 12.9. The number of carbonyl (C=O) groups excluding carboxylic acids is 1. The van der Waals surface area contributed by atoms with Gasteiger partial charge in [-0.1, -0.05) is 30.9 Å². The lowest BCUT2D eigenvalue weighted by molar-refractivity contribution is -0.357. The van der Waals surface area contributed by atoms with Crippen LogP contribution >= 0.6 is 0 Å². The highest BCUT2D eigenvalue weighted by Gasteiger charge is 2.76. The van der Waals surface area contributed by atoms with E-state index in [2.05, 4.69) is 11.3 Å². The summed E-state index contributed by atoms with van der Waals surface area (Å²) in [5.41, 5.74) is -4.91. The Labute approximate surface area is 120 Å². The second kappa shape index (κ2) is 5.99. The first kappa shape index (κ1) is 18.0. The Morgan fingerprint density at radius 1 is 1.18 bits per heavy atom. The van der Waals surface area contributed by atoms with Gasteiger partial charge >= 0.3 is 23.9 Å². The van der Waals surface area contributed by atoms with E-state index in [-0.39, 0.29) is 5.56 Å². The van der Waals surface area contributed by atoms with Gasteiger partial charge in [0.25, 0.3) is 0 Å². The highest BCUT2D eigenvalue weighted by Crippen LogP contribution is 2.43. The van der Waals surface area contributed by atoms with Crippen LogP contribution in [0.25, 0.3) is 6.08 Å². The Morgan fingerprint density at radius 2 is 1.73 bits per heavy atom. The smallest absolute Gasteiger partial charge is 0.437 e. The van der Waals surface area contributed by atoms with Gasteiger partial charge in [0.1, 0.15) is 6.61 Å². The van der Waals surface area contributed by atoms with Crippen molar-refractivity contribution in [3.05, 3.63) is 42.0 Å². The van der Waals surface area contributed by atoms with Gasteiger partial charge in [0, 0.05) is 0 Å². The van der Waals surface area contributed by atoms with E-state index in [1.165, 1.54) is 24.3 Å². The maximum Gasteiger partial charge on any atom is 0.437 e. The van der Waals surface area contributed by atoms with Gasteiger partial charge in [-0.2, -0.15) is 26.3 Å². The molecule has 0 aromatic heterocycles. The molecule has 0 radical (unpaired) electrons. The molecule has 0 spiro atoms. The fourth-order valence-corrected chi connectivity index (χ4v) is 1.46. The Kier molecular flexibility index (Phi) is 4.91. The van der Waals surface area contributed by atoms with Gasteiger partial charge in [-0.3, -0.25) is 0 Å². The van der Waals surface area contributed by atoms with E-state index in [9.17, 15) is 31.1 Å². The zero-order valence-electron chi connectivity index (χ0n) is 10.8. The van der Waals surface area contributed by atoms with E-state index in [1.807, 2.05) is 0 Å². The molecule has 122 valence electrons. The monoisotopic (exact) mass is 328 g/mol. The number of hydrogen-bond donors (Lipinski definition) is 1. The summed E-state index contributed by atoms with van der Waals surface area (Å²) in [6.45, 7) is 2.56. The predicted octanol–water partition coefficient (Wildman–Crippen LogP) is 3.23. The topological polar surface area (TPSA) is 46.5 Å². The van der Waals surface area contributed by atoms with Gasteiger partial charge in [0.2, 0.25) is 0 Å². The summed E-state index contributed by atoms with van der Waals surface area (Å²) in [4.78, 5) is 11.2. The van der Waals surface area contributed by atoms with Crippen LogP contribution in [-0.4, -0.2) is 29.0 Å². The van der Waals surface area contributed by atoms with Gasteiger partial charge in [-0.15, -0.1) is 0 Å². The first-order chi connectivity index (χ1) is 9.93. The average molecular weight is 328 g/mol. The Morgan fingerprint density at radius 3 is 2.18 bits per heavy atom. The summed E-state index contributed by atoms with van der Waals surface area (Å²) in [7, 11) is 0. The molecule has 9 heteroatoms. The SMILES string of the molecule is C=Cc1cccc(COC(=O)C(O)(C(F)(F)F)C(F)(F)F)c1. The quantitative estimate of drug-likeness (QED) is 0.682. The Hall–Kier alpha value is -2.03. The van der Waals surface area contributed by atoms with Crippen molar-refractivity contribution in [3.63, 3.8) is 0 Å². The van der Waals surface area contributed by atoms with E-state index in [4.69, 9.17) is 5.11 Å². The first-order valence-electron chi connectivity index (χ1n) is 5.68. The number of aliphatic hydroxyl groups is 1. The molecule has 3 nitrogen and oxygen atoms in total. The fourth-order valence-electron chi connectivity index (χ4n) is 1.46. The first-order valence-corrected chi connectivity index (χ1v) is 5.68. The number of halogens is 6. The second-order valence-corrected chi connectivity index (χ2v) is 4.23. The van der Waals surface area contributed by atoms with Crippen LogP contribution in [-0.2, 0) is 16.1 Å². The molecule has 0 saturated carbocycles. The molecule has 1 aromatic carbocycles. The molecule has 0 bridgehead atoms. The number of esters is 1. The minimum Gasteiger partial charge on any atom is -0.458 e. The van der Waals surface area contributed by atoms with Gasteiger partial charge in [0.05, 0.1) is 0 Å². The number of alkyl halides is 6. The molecule has 0 aliphatic rings. The number of ether oxygens (including phenoxy) is 1. The molecular weight excluding hydrogens is 318 g/mol. The average Bonchev–Trinajstić information content (AvgIpc) is 2.41. The zero-order valence-corrected chi connectivity index (χ0v) is 10.8. The largest absolute Gasteiger partial charge is 0.458 e. The molecule has 0 unspecified atom stereocenters. The van der Waals surface area contributed by atoms with Crippen LogP contribution in [0.5, 0.6) is 0 Å². The summed E-state index contributed by atoms with van der Waals surface area (Å²) < 4.78 is 78.4. The lowest BCUT2D eigenvalue weighted by Crippen LogP contribution is -2.62. The molecule has 0 fully saturated rings. The van der Waals surface area contributed by atoms with E-state index in [1.54, 1.807) is 6.07 Å². The van der Waals surface area contributed by atoms with Crippen LogP contribution < -0.4 is 0 Å². The van der Waals surface area contributed by atoms with Crippen LogP contribution in [0.4, 0.5) is 26.3 Å². The minimum absolute atomic E-state index is 0.137. The van der Waals surface area contributed by atoms with E-state index >= 15 is 0 Å². The molecule has 0 aliphatic heterocycles. The van der Waals surface area contributed by atoms with Gasteiger partial charge in [0.15, 0.2) is 0 Å². The molecule has 1 aromatic rings. The van der Waals surface area contributed by atoms with E-state index in [0.29, 0.717) is 5.56 Å². The summed E-state index contributed by atoms with van der Waals surface area (Å²) >= 11 is 0. The van der Waals surface area contributed by atoms with Crippen LogP contribution in [0.3, 0.4) is 0 Å². The van der Waals surface area contributed by atoms with Gasteiger partial charge in [-0.25, -0.2) is 4.79 Å². The third-order valence-corrected chi connectivity index (χ3v) is 2.67. The summed E-state index contributed by atoms with van der Waals surface area (Å²) in [5.74, 6) is -2.84. The third-order valence-electron chi connectivity index (χ3n) is 2.67. The third kappa shape index (κ3) is 3.41. The molecule has 22 heavy (non-hydrogen) atoms. The van der Waals surface area contributed by atoms with Gasteiger partial charge in [-0.05, 0) is 17.2 Å². The zero-order chi connectivity index (χ0) is 17.2. The van der Waals surface area contributed by atoms with Crippen molar-refractivity contribution in [2.24, 2.45) is 0 Å². The lowest BCUT2D eigenvalue weighted by atomic mass is 10.0. The summed E-state index contributed by atoms with van der Waals surface area (Å²) in [6.07, 6.45) is -11.1. The van der Waals surface area contributed by atoms with Crippen molar-refractivity contribution >= 4 is 12.0 Å². The Bertz CT molecular complexity index is 548. The van der Waals surface area contributed by atoms with E-state index < -0.39 is 30.5 Å². The molecular formula is C13H10F6O3. The molecule has 0 amide bonds. The number of hydrogen-bond acceptors (Lipinski definition) is 3. The van der Waals surface area contributed by atoms with Crippen molar-refractivity contribution in [3.8, 4) is 0 Å². The Balaban J connectivity index is 2.96. The van der Waals surface area contributed by atoms with Gasteiger partial charge < -0.3 is 9.84 Å². The van der Waals surface area contributed by atoms with Crippen molar-refractivity contribution in [1.29, 1.82) is 0 Å². The maximum atomic E-state index is 12.4. The highest BCUT2D eigenvalue weighted by molar-refractivity contribution is 5.81. The maximum absolute atomic E-state index is 12.4. The molecule has 0 atom stereocenters. The summed E-state index contributed by atoms with van der Waals surface area (Å²) in [6, 6.07) is 5.68. The summed E-state index contributed by atoms with van der Waals surface area (Å²) in [5, 5.41) is 8.79. The molecule has 0 heterocycles.